The number of benzene rings is 1. The van der Waals surface area contributed by atoms with E-state index in [1.807, 2.05) is 0 Å². The second-order valence-electron chi connectivity index (χ2n) is 8.60. The van der Waals surface area contributed by atoms with Crippen molar-refractivity contribution in [1.29, 1.82) is 0 Å². The van der Waals surface area contributed by atoms with Crippen LogP contribution in [-0.2, 0) is 30.4 Å². The highest BCUT2D eigenvalue weighted by atomic mass is 16.4. The van der Waals surface area contributed by atoms with E-state index in [4.69, 9.17) is 22.9 Å². The van der Waals surface area contributed by atoms with Crippen LogP contribution in [0, 0.1) is 0 Å². The summed E-state index contributed by atoms with van der Waals surface area (Å²) in [5.74, 6) is -5.06. The topological polar surface area (TPSA) is 278 Å². The normalized spacial score (nSPS) is 14.6. The van der Waals surface area contributed by atoms with Gasteiger partial charge in [0.1, 0.15) is 24.2 Å². The van der Waals surface area contributed by atoms with Crippen LogP contribution < -0.4 is 38.9 Å². The molecule has 0 bridgehead atoms. The Kier molecular flexibility index (Phi) is 13.2. The maximum absolute atomic E-state index is 13.1. The first-order valence-electron chi connectivity index (χ1n) is 11.8. The first kappa shape index (κ1) is 31.8. The number of primary amides is 1. The largest absolute Gasteiger partial charge is 0.480 e. The molecule has 0 heterocycles. The third-order valence-corrected chi connectivity index (χ3v) is 5.34. The summed E-state index contributed by atoms with van der Waals surface area (Å²) in [7, 11) is 0. The molecule has 1 rings (SSSR count). The molecule has 0 fully saturated rings. The molecule has 0 saturated carbocycles. The molecular formula is C23H36N8O7. The van der Waals surface area contributed by atoms with Gasteiger partial charge in [-0.1, -0.05) is 30.3 Å². The Labute approximate surface area is 219 Å². The Morgan fingerprint density at radius 1 is 0.895 bits per heavy atom. The van der Waals surface area contributed by atoms with Crippen LogP contribution in [0.3, 0.4) is 0 Å². The van der Waals surface area contributed by atoms with Crippen LogP contribution in [0.1, 0.15) is 31.7 Å². The molecule has 1 aromatic carbocycles. The van der Waals surface area contributed by atoms with Crippen molar-refractivity contribution in [3.8, 4) is 0 Å². The van der Waals surface area contributed by atoms with Gasteiger partial charge in [-0.3, -0.25) is 24.2 Å². The number of nitrogens with one attached hydrogen (secondary N) is 3. The number of nitrogens with two attached hydrogens (primary N) is 4. The zero-order valence-corrected chi connectivity index (χ0v) is 21.0. The lowest BCUT2D eigenvalue weighted by Crippen LogP contribution is -2.59. The number of amides is 4. The Morgan fingerprint density at radius 2 is 1.45 bits per heavy atom. The molecule has 4 amide bonds. The Balaban J connectivity index is 3.11. The molecule has 5 unspecified atom stereocenters. The minimum atomic E-state index is -1.51. The third kappa shape index (κ3) is 11.7. The average Bonchev–Trinajstić information content (AvgIpc) is 2.84. The molecule has 0 saturated heterocycles. The predicted molar refractivity (Wildman–Crippen MR) is 137 cm³/mol. The van der Waals surface area contributed by atoms with E-state index in [-0.39, 0.29) is 31.8 Å². The van der Waals surface area contributed by atoms with Crippen molar-refractivity contribution in [2.45, 2.75) is 62.9 Å². The van der Waals surface area contributed by atoms with Gasteiger partial charge >= 0.3 is 5.97 Å². The summed E-state index contributed by atoms with van der Waals surface area (Å²) in [6, 6.07) is 3.06. The molecule has 15 nitrogen and oxygen atoms in total. The maximum Gasteiger partial charge on any atom is 0.326 e. The fourth-order valence-electron chi connectivity index (χ4n) is 3.26. The summed E-state index contributed by atoms with van der Waals surface area (Å²) in [4.78, 5) is 65.5. The van der Waals surface area contributed by atoms with E-state index >= 15 is 0 Å². The van der Waals surface area contributed by atoms with Crippen LogP contribution in [0.5, 0.6) is 0 Å². The van der Waals surface area contributed by atoms with E-state index in [1.165, 1.54) is 6.92 Å². The molecule has 5 atom stereocenters. The van der Waals surface area contributed by atoms with Gasteiger partial charge in [-0.15, -0.1) is 0 Å². The van der Waals surface area contributed by atoms with Gasteiger partial charge in [0.15, 0.2) is 5.96 Å². The third-order valence-electron chi connectivity index (χ3n) is 5.34. The van der Waals surface area contributed by atoms with Crippen molar-refractivity contribution in [1.82, 2.24) is 16.0 Å². The Hall–Kier alpha value is -4.24. The fraction of sp³-hybridized carbons (Fsp3) is 0.478. The van der Waals surface area contributed by atoms with Gasteiger partial charge in [-0.2, -0.15) is 0 Å². The number of aliphatic hydroxyl groups is 1. The van der Waals surface area contributed by atoms with Gasteiger partial charge in [0.25, 0.3) is 0 Å². The number of carboxylic acid groups (broad SMARTS) is 1. The predicted octanol–water partition coefficient (Wildman–Crippen LogP) is -3.59. The van der Waals surface area contributed by atoms with Crippen molar-refractivity contribution in [3.63, 3.8) is 0 Å². The molecule has 0 aliphatic rings. The molecule has 15 heteroatoms. The van der Waals surface area contributed by atoms with Crippen LogP contribution in [0.25, 0.3) is 0 Å². The second kappa shape index (κ2) is 15.8. The number of rotatable bonds is 16. The summed E-state index contributed by atoms with van der Waals surface area (Å²) in [5, 5.41) is 26.2. The monoisotopic (exact) mass is 536 g/mol. The summed E-state index contributed by atoms with van der Waals surface area (Å²) in [6.07, 6.45) is -1.65. The van der Waals surface area contributed by atoms with Crippen molar-refractivity contribution >= 4 is 35.6 Å². The van der Waals surface area contributed by atoms with E-state index in [2.05, 4.69) is 20.9 Å². The molecule has 0 aliphatic heterocycles. The SMILES string of the molecule is CC(O)C(N)C(=O)NC(CC(N)=O)C(=O)NC(Cc1ccccc1)C(=O)NC(CCCN=C(N)N)C(=O)O. The van der Waals surface area contributed by atoms with E-state index in [9.17, 15) is 34.2 Å². The number of aliphatic carboxylic acids is 1. The highest BCUT2D eigenvalue weighted by Gasteiger charge is 2.31. The smallest absolute Gasteiger partial charge is 0.326 e. The van der Waals surface area contributed by atoms with Crippen molar-refractivity contribution in [2.24, 2.45) is 27.9 Å². The van der Waals surface area contributed by atoms with Crippen LogP contribution in [0.15, 0.2) is 35.3 Å². The van der Waals surface area contributed by atoms with Gasteiger partial charge in [-0.05, 0) is 25.3 Å². The highest BCUT2D eigenvalue weighted by molar-refractivity contribution is 5.96. The second-order valence-corrected chi connectivity index (χ2v) is 8.60. The number of hydrogen-bond donors (Lipinski definition) is 9. The van der Waals surface area contributed by atoms with Crippen molar-refractivity contribution in [2.75, 3.05) is 6.54 Å². The quantitative estimate of drug-likeness (QED) is 0.0568. The van der Waals surface area contributed by atoms with Crippen molar-refractivity contribution < 1.29 is 34.2 Å². The van der Waals surface area contributed by atoms with Gasteiger partial charge < -0.3 is 49.1 Å². The minimum absolute atomic E-state index is 0.00144. The molecule has 0 radical (unpaired) electrons. The summed E-state index contributed by atoms with van der Waals surface area (Å²) in [5.41, 5.74) is 21.9. The number of carbonyl (C=O) groups is 5. The molecule has 0 spiro atoms. The van der Waals surface area contributed by atoms with E-state index in [0.29, 0.717) is 5.56 Å². The molecule has 210 valence electrons. The zero-order valence-electron chi connectivity index (χ0n) is 21.0. The number of aliphatic imine (C=N–C) groups is 1. The standard InChI is InChI=1S/C23H36N8O7/c1-12(32)18(25)21(36)31-16(11-17(24)33)20(35)30-15(10-13-6-3-2-4-7-13)19(34)29-14(22(37)38)8-5-9-28-23(26)27/h2-4,6-7,12,14-16,18,32H,5,8-11,25H2,1H3,(H2,24,33)(H,29,34)(H,30,35)(H,31,36)(H,37,38)(H4,26,27,28). The van der Waals surface area contributed by atoms with Gasteiger partial charge in [0.2, 0.25) is 23.6 Å². The molecule has 13 N–H and O–H groups in total. The lowest BCUT2D eigenvalue weighted by atomic mass is 10.0. The molecule has 0 aromatic heterocycles. The average molecular weight is 537 g/mol. The molecule has 38 heavy (non-hydrogen) atoms. The number of hydrogen-bond acceptors (Lipinski definition) is 8. The summed E-state index contributed by atoms with van der Waals surface area (Å²) < 4.78 is 0. The fourth-order valence-corrected chi connectivity index (χ4v) is 3.26. The van der Waals surface area contributed by atoms with Crippen molar-refractivity contribution in [3.05, 3.63) is 35.9 Å². The number of nitrogens with zero attached hydrogens (tertiary/aromatic N) is 1. The number of carbonyl (C=O) groups excluding carboxylic acids is 4. The van der Waals surface area contributed by atoms with Crippen LogP contribution >= 0.6 is 0 Å². The summed E-state index contributed by atoms with van der Waals surface area (Å²) >= 11 is 0. The number of carboxylic acids is 1. The highest BCUT2D eigenvalue weighted by Crippen LogP contribution is 2.07. The van der Waals surface area contributed by atoms with Gasteiger partial charge in [-0.25, -0.2) is 4.79 Å². The van der Waals surface area contributed by atoms with Gasteiger partial charge in [0, 0.05) is 13.0 Å². The van der Waals surface area contributed by atoms with E-state index in [1.54, 1.807) is 30.3 Å². The van der Waals surface area contributed by atoms with Crippen LogP contribution in [0.4, 0.5) is 0 Å². The first-order valence-corrected chi connectivity index (χ1v) is 11.8. The molecule has 0 aliphatic carbocycles. The van der Waals surface area contributed by atoms with Crippen LogP contribution in [0.2, 0.25) is 0 Å². The number of aliphatic hydroxyl groups excluding tert-OH is 1. The lowest BCUT2D eigenvalue weighted by Gasteiger charge is -2.25. The molecular weight excluding hydrogens is 500 g/mol. The zero-order chi connectivity index (χ0) is 28.8. The summed E-state index contributed by atoms with van der Waals surface area (Å²) in [6.45, 7) is 1.42. The van der Waals surface area contributed by atoms with E-state index < -0.39 is 66.3 Å². The lowest BCUT2D eigenvalue weighted by molar-refractivity contribution is -0.142. The first-order chi connectivity index (χ1) is 17.8. The van der Waals surface area contributed by atoms with Gasteiger partial charge in [0.05, 0.1) is 12.5 Å². The van der Waals surface area contributed by atoms with Crippen LogP contribution in [-0.4, -0.2) is 82.6 Å². The molecule has 1 aromatic rings. The minimum Gasteiger partial charge on any atom is -0.480 e. The Morgan fingerprint density at radius 3 is 1.97 bits per heavy atom. The Bertz CT molecular complexity index is 999. The van der Waals surface area contributed by atoms with E-state index in [0.717, 1.165) is 0 Å². The maximum atomic E-state index is 13.1. The number of guanidine groups is 1.